The summed E-state index contributed by atoms with van der Waals surface area (Å²) in [5.74, 6) is 0.547. The Morgan fingerprint density at radius 2 is 1.78 bits per heavy atom. The molecule has 2 aromatic heterocycles. The minimum Gasteiger partial charge on any atom is -0.366 e. The van der Waals surface area contributed by atoms with Crippen molar-refractivity contribution in [3.63, 3.8) is 0 Å². The number of halogens is 1. The molecular formula is C20H19FN4OS. The Morgan fingerprint density at radius 1 is 1.00 bits per heavy atom. The first-order chi connectivity index (χ1) is 13.2. The zero-order chi connectivity index (χ0) is 18.6. The largest absolute Gasteiger partial charge is 0.366 e. The third-order valence-corrected chi connectivity index (χ3v) is 5.42. The van der Waals surface area contributed by atoms with Crippen LogP contribution in [0.3, 0.4) is 0 Å². The highest BCUT2D eigenvalue weighted by atomic mass is 32.1. The molecule has 0 radical (unpaired) electrons. The molecule has 3 heterocycles. The predicted octanol–water partition coefficient (Wildman–Crippen LogP) is 3.86. The third kappa shape index (κ3) is 3.93. The molecule has 1 N–H and O–H groups in total. The van der Waals surface area contributed by atoms with Crippen LogP contribution in [0.1, 0.15) is 9.67 Å². The Bertz CT molecular complexity index is 906. The maximum Gasteiger partial charge on any atom is 0.265 e. The molecule has 0 saturated carbocycles. The summed E-state index contributed by atoms with van der Waals surface area (Å²) in [6, 6.07) is 14.3. The van der Waals surface area contributed by atoms with Gasteiger partial charge in [0.05, 0.1) is 22.4 Å². The van der Waals surface area contributed by atoms with Gasteiger partial charge >= 0.3 is 0 Å². The van der Waals surface area contributed by atoms with Gasteiger partial charge in [-0.2, -0.15) is 0 Å². The van der Waals surface area contributed by atoms with Gasteiger partial charge in [0.2, 0.25) is 0 Å². The van der Waals surface area contributed by atoms with Gasteiger partial charge in [-0.1, -0.05) is 18.2 Å². The molecular weight excluding hydrogens is 363 g/mol. The molecule has 7 heteroatoms. The molecule has 0 bridgehead atoms. The monoisotopic (exact) mass is 382 g/mol. The van der Waals surface area contributed by atoms with Crippen LogP contribution in [0.15, 0.2) is 60.1 Å². The van der Waals surface area contributed by atoms with Crippen molar-refractivity contribution in [2.45, 2.75) is 0 Å². The number of rotatable bonds is 4. The summed E-state index contributed by atoms with van der Waals surface area (Å²) in [7, 11) is 0. The fraction of sp³-hybridized carbons (Fsp3) is 0.200. The lowest BCUT2D eigenvalue weighted by molar-refractivity contribution is 0.103. The molecule has 5 nitrogen and oxygen atoms in total. The van der Waals surface area contributed by atoms with Crippen molar-refractivity contribution in [2.75, 3.05) is 41.3 Å². The topological polar surface area (TPSA) is 48.5 Å². The lowest BCUT2D eigenvalue weighted by atomic mass is 10.2. The summed E-state index contributed by atoms with van der Waals surface area (Å²) in [6.45, 7) is 3.00. The van der Waals surface area contributed by atoms with Gasteiger partial charge in [0.15, 0.2) is 0 Å². The maximum absolute atomic E-state index is 13.9. The third-order valence-electron chi connectivity index (χ3n) is 4.55. The van der Waals surface area contributed by atoms with Gasteiger partial charge in [-0.05, 0) is 35.7 Å². The zero-order valence-electron chi connectivity index (χ0n) is 14.6. The molecule has 138 valence electrons. The molecule has 1 aromatic carbocycles. The van der Waals surface area contributed by atoms with E-state index in [4.69, 9.17) is 0 Å². The van der Waals surface area contributed by atoms with Crippen LogP contribution in [0.2, 0.25) is 0 Å². The molecule has 1 amide bonds. The number of benzene rings is 1. The van der Waals surface area contributed by atoms with Gasteiger partial charge in [0.25, 0.3) is 5.91 Å². The van der Waals surface area contributed by atoms with Crippen molar-refractivity contribution in [3.05, 3.63) is 70.8 Å². The fourth-order valence-corrected chi connectivity index (χ4v) is 3.75. The van der Waals surface area contributed by atoms with Gasteiger partial charge in [-0.15, -0.1) is 11.3 Å². The normalized spacial score (nSPS) is 14.3. The number of nitrogens with one attached hydrogen (secondary N) is 1. The lowest BCUT2D eigenvalue weighted by Crippen LogP contribution is -2.47. The number of hydrogen-bond acceptors (Lipinski definition) is 5. The standard InChI is InChI=1S/C20H19FN4OS/c21-16-4-1-2-5-17(16)24-9-11-25(12-10-24)19-8-7-15(14-22-19)23-20(26)18-6-3-13-27-18/h1-8,13-14H,9-12H2,(H,23,26). The molecule has 0 spiro atoms. The highest BCUT2D eigenvalue weighted by molar-refractivity contribution is 7.12. The Labute approximate surface area is 161 Å². The number of thiophene rings is 1. The van der Waals surface area contributed by atoms with Crippen LogP contribution in [0.5, 0.6) is 0 Å². The first-order valence-electron chi connectivity index (χ1n) is 8.76. The second kappa shape index (κ2) is 7.75. The van der Waals surface area contributed by atoms with E-state index in [1.807, 2.05) is 35.7 Å². The van der Waals surface area contributed by atoms with Gasteiger partial charge in [0, 0.05) is 26.2 Å². The van der Waals surface area contributed by atoms with Crippen LogP contribution in [-0.4, -0.2) is 37.1 Å². The van der Waals surface area contributed by atoms with Crippen LogP contribution >= 0.6 is 11.3 Å². The number of carbonyl (C=O) groups is 1. The van der Waals surface area contributed by atoms with Crippen LogP contribution in [0.25, 0.3) is 0 Å². The first kappa shape index (κ1) is 17.5. The predicted molar refractivity (Wildman–Crippen MR) is 107 cm³/mol. The van der Waals surface area contributed by atoms with Gasteiger partial charge in [0.1, 0.15) is 11.6 Å². The highest BCUT2D eigenvalue weighted by Gasteiger charge is 2.20. The van der Waals surface area contributed by atoms with Crippen molar-refractivity contribution in [1.82, 2.24) is 4.98 Å². The molecule has 1 saturated heterocycles. The van der Waals surface area contributed by atoms with Crippen LogP contribution < -0.4 is 15.1 Å². The van der Waals surface area contributed by atoms with Gasteiger partial charge in [-0.3, -0.25) is 4.79 Å². The average molecular weight is 382 g/mol. The SMILES string of the molecule is O=C(Nc1ccc(N2CCN(c3ccccc3F)CC2)nc1)c1cccs1. The number of hydrogen-bond donors (Lipinski definition) is 1. The Kier molecular flexibility index (Phi) is 5.02. The summed E-state index contributed by atoms with van der Waals surface area (Å²) in [5.41, 5.74) is 1.32. The molecule has 27 heavy (non-hydrogen) atoms. The van der Waals surface area contributed by atoms with Gasteiger partial charge in [-0.25, -0.2) is 9.37 Å². The van der Waals surface area contributed by atoms with E-state index in [0.29, 0.717) is 16.3 Å². The zero-order valence-corrected chi connectivity index (χ0v) is 15.5. The summed E-state index contributed by atoms with van der Waals surface area (Å²) in [6.07, 6.45) is 1.67. The summed E-state index contributed by atoms with van der Waals surface area (Å²) in [5, 5.41) is 4.72. The van der Waals surface area contributed by atoms with Crippen molar-refractivity contribution in [1.29, 1.82) is 0 Å². The molecule has 4 rings (SSSR count). The van der Waals surface area contributed by atoms with Crippen molar-refractivity contribution >= 4 is 34.4 Å². The van der Waals surface area contributed by atoms with Gasteiger partial charge < -0.3 is 15.1 Å². The molecule has 0 unspecified atom stereocenters. The summed E-state index contributed by atoms with van der Waals surface area (Å²) in [4.78, 5) is 21.5. The van der Waals surface area contributed by atoms with E-state index in [9.17, 15) is 9.18 Å². The van der Waals surface area contributed by atoms with E-state index >= 15 is 0 Å². The first-order valence-corrected chi connectivity index (χ1v) is 9.64. The molecule has 3 aromatic rings. The Morgan fingerprint density at radius 3 is 2.44 bits per heavy atom. The van der Waals surface area contributed by atoms with Crippen molar-refractivity contribution in [3.8, 4) is 0 Å². The maximum atomic E-state index is 13.9. The number of para-hydroxylation sites is 1. The Balaban J connectivity index is 1.36. The minimum atomic E-state index is -0.185. The lowest BCUT2D eigenvalue weighted by Gasteiger charge is -2.36. The summed E-state index contributed by atoms with van der Waals surface area (Å²) < 4.78 is 13.9. The molecule has 1 aliphatic rings. The molecule has 0 atom stereocenters. The number of carbonyl (C=O) groups excluding carboxylic acids is 1. The van der Waals surface area contributed by atoms with E-state index in [1.54, 1.807) is 18.3 Å². The molecule has 1 aliphatic heterocycles. The van der Waals surface area contributed by atoms with E-state index in [1.165, 1.54) is 17.4 Å². The van der Waals surface area contributed by atoms with Crippen molar-refractivity contribution < 1.29 is 9.18 Å². The molecule has 1 fully saturated rings. The number of anilines is 3. The number of amides is 1. The van der Waals surface area contributed by atoms with E-state index in [0.717, 1.165) is 32.0 Å². The number of aromatic nitrogens is 1. The van der Waals surface area contributed by atoms with E-state index in [-0.39, 0.29) is 11.7 Å². The average Bonchev–Trinajstić information content (AvgIpc) is 3.24. The smallest absolute Gasteiger partial charge is 0.265 e. The van der Waals surface area contributed by atoms with E-state index in [2.05, 4.69) is 20.1 Å². The van der Waals surface area contributed by atoms with E-state index < -0.39 is 0 Å². The molecule has 0 aliphatic carbocycles. The Hall–Kier alpha value is -2.93. The second-order valence-corrected chi connectivity index (χ2v) is 7.21. The van der Waals surface area contributed by atoms with Crippen LogP contribution in [0.4, 0.5) is 21.6 Å². The fourth-order valence-electron chi connectivity index (χ4n) is 3.13. The number of piperazine rings is 1. The number of pyridine rings is 1. The minimum absolute atomic E-state index is 0.127. The second-order valence-electron chi connectivity index (χ2n) is 6.26. The number of nitrogens with zero attached hydrogens (tertiary/aromatic N) is 3. The summed E-state index contributed by atoms with van der Waals surface area (Å²) >= 11 is 1.40. The van der Waals surface area contributed by atoms with Crippen LogP contribution in [-0.2, 0) is 0 Å². The quantitative estimate of drug-likeness (QED) is 0.744. The highest BCUT2D eigenvalue weighted by Crippen LogP contribution is 2.22. The van der Waals surface area contributed by atoms with Crippen LogP contribution in [0, 0.1) is 5.82 Å². The van der Waals surface area contributed by atoms with Crippen molar-refractivity contribution in [2.24, 2.45) is 0 Å².